The molecule has 4 aliphatic rings. The van der Waals surface area contributed by atoms with Crippen molar-refractivity contribution in [2.75, 3.05) is 13.2 Å². The number of aryl methyl sites for hydroxylation is 2. The maximum absolute atomic E-state index is 6.62. The van der Waals surface area contributed by atoms with Crippen molar-refractivity contribution in [3.63, 3.8) is 0 Å². The summed E-state index contributed by atoms with van der Waals surface area (Å²) in [7, 11) is 0. The minimum Gasteiger partial charge on any atom is -0.374 e. The van der Waals surface area contributed by atoms with Crippen LogP contribution in [0.15, 0.2) is 139 Å². The zero-order valence-electron chi connectivity index (χ0n) is 32.1. The second-order valence-electron chi connectivity index (χ2n) is 14.6. The Morgan fingerprint density at radius 2 is 1.15 bits per heavy atom. The summed E-state index contributed by atoms with van der Waals surface area (Å²) in [5.41, 5.74) is 9.19. The van der Waals surface area contributed by atoms with Crippen molar-refractivity contribution in [3.8, 4) is 0 Å². The molecule has 1 saturated carbocycles. The maximum Gasteiger partial charge on any atom is 0.170 e. The molecule has 285 valence electrons. The van der Waals surface area contributed by atoms with Gasteiger partial charge in [-0.05, 0) is 59.8 Å². The summed E-state index contributed by atoms with van der Waals surface area (Å²) in [5.74, 6) is 1.22. The Morgan fingerprint density at radius 3 is 1.62 bits per heavy atom. The van der Waals surface area contributed by atoms with Crippen LogP contribution in [0.3, 0.4) is 0 Å². The SMILES string of the molecule is C=[N+]1C=C(CO[C@@H]2CC(OCc3ccc(=C4C=CC=C[C-]4C)[n+](=C)c3)C[C@H](OCC3=C[N+](=C)[C-](c4ccccc4C)C=C3)C2)C=C[C-]1c1ccccc1C.[Ir]. The fourth-order valence-electron chi connectivity index (χ4n) is 7.57. The Balaban J connectivity index is 0.00000514. The molecule has 0 spiro atoms. The van der Waals surface area contributed by atoms with Crippen LogP contribution in [0.5, 0.6) is 0 Å². The molecule has 7 heteroatoms. The molecule has 3 atom stereocenters. The average Bonchev–Trinajstić information content (AvgIpc) is 3.17. The Morgan fingerprint density at radius 1 is 0.636 bits per heavy atom. The number of aromatic nitrogens is 1. The van der Waals surface area contributed by atoms with E-state index in [4.69, 9.17) is 14.2 Å². The number of allylic oxidation sites excluding steroid dienone is 4. The summed E-state index contributed by atoms with van der Waals surface area (Å²) < 4.78 is 25.7. The molecule has 6 nitrogen and oxygen atoms in total. The van der Waals surface area contributed by atoms with Crippen molar-refractivity contribution in [3.05, 3.63) is 197 Å². The van der Waals surface area contributed by atoms with Gasteiger partial charge in [0.15, 0.2) is 6.20 Å². The molecule has 3 aromatic rings. The molecule has 2 aromatic carbocycles. The van der Waals surface area contributed by atoms with Gasteiger partial charge in [-0.15, -0.1) is 42.4 Å². The predicted molar refractivity (Wildman–Crippen MR) is 216 cm³/mol. The third-order valence-electron chi connectivity index (χ3n) is 10.6. The number of pyridine rings is 1. The van der Waals surface area contributed by atoms with E-state index in [0.717, 1.165) is 53.4 Å². The average molecular weight is 910 g/mol. The predicted octanol–water partition coefficient (Wildman–Crippen LogP) is 7.43. The molecule has 0 amide bonds. The van der Waals surface area contributed by atoms with Crippen molar-refractivity contribution in [1.29, 1.82) is 0 Å². The first-order valence-corrected chi connectivity index (χ1v) is 18.8. The minimum absolute atomic E-state index is 0. The normalized spacial score (nSPS) is 21.8. The molecule has 2 aliphatic carbocycles. The first-order valence-electron chi connectivity index (χ1n) is 18.8. The van der Waals surface area contributed by atoms with E-state index in [1.54, 1.807) is 0 Å². The van der Waals surface area contributed by atoms with Crippen LogP contribution in [0.4, 0.5) is 0 Å². The van der Waals surface area contributed by atoms with Gasteiger partial charge in [-0.3, -0.25) is 9.15 Å². The van der Waals surface area contributed by atoms with Gasteiger partial charge in [0.1, 0.15) is 36.6 Å². The number of hydrogen-bond acceptors (Lipinski definition) is 3. The van der Waals surface area contributed by atoms with Gasteiger partial charge in [-0.25, -0.2) is 4.24 Å². The Bertz CT molecular complexity index is 2110. The largest absolute Gasteiger partial charge is 0.374 e. The van der Waals surface area contributed by atoms with Gasteiger partial charge in [-0.2, -0.15) is 0 Å². The standard InChI is InChI=1S/C48H51N3O3.Ir/c1-34-13-7-10-16-43(34)46-22-19-37(28-49(46)4)31-52-40-25-41(53-32-38-20-23-47(50(5)29-38)44-17-11-8-14-35(44)2)27-42(26-40)54-33-39-21-24-48(51(6)30-39)45-18-12-9-15-36(45)3;/h7-24,28-30,40-42H,4-6,25-27,31-33H2,1-3H3;/t40?,41-,42+;. The van der Waals surface area contributed by atoms with Crippen LogP contribution in [-0.2, 0) is 40.9 Å². The fourth-order valence-corrected chi connectivity index (χ4v) is 7.57. The molecular weight excluding hydrogens is 859 g/mol. The van der Waals surface area contributed by atoms with E-state index in [-0.39, 0.29) is 38.4 Å². The molecule has 55 heavy (non-hydrogen) atoms. The van der Waals surface area contributed by atoms with Crippen molar-refractivity contribution < 1.29 is 47.7 Å². The first-order chi connectivity index (χ1) is 26.2. The zero-order chi connectivity index (χ0) is 37.6. The Hall–Kier alpha value is -4.75. The van der Waals surface area contributed by atoms with Gasteiger partial charge in [0.25, 0.3) is 0 Å². The molecule has 1 unspecified atom stereocenters. The van der Waals surface area contributed by atoms with Gasteiger partial charge in [0, 0.05) is 25.7 Å². The second kappa shape index (κ2) is 18.3. The summed E-state index contributed by atoms with van der Waals surface area (Å²) in [6, 6.07) is 23.2. The quantitative estimate of drug-likeness (QED) is 0.149. The summed E-state index contributed by atoms with van der Waals surface area (Å²) in [4.78, 5) is 0. The van der Waals surface area contributed by atoms with Gasteiger partial charge in [0.2, 0.25) is 0 Å². The molecule has 0 saturated heterocycles. The first kappa shape index (κ1) is 39.9. The summed E-state index contributed by atoms with van der Waals surface area (Å²) in [5, 5.41) is 1.07. The topological polar surface area (TPSA) is 39.6 Å². The minimum atomic E-state index is -0.0227. The van der Waals surface area contributed by atoms with Crippen LogP contribution in [0, 0.1) is 38.6 Å². The fraction of sp³-hybridized carbons (Fsp3) is 0.250. The smallest absolute Gasteiger partial charge is 0.170 e. The molecular formula is C48H51IrN3O3. The van der Waals surface area contributed by atoms with Gasteiger partial charge >= 0.3 is 0 Å². The van der Waals surface area contributed by atoms with Crippen LogP contribution >= 0.6 is 0 Å². The number of rotatable bonds is 11. The third kappa shape index (κ3) is 9.74. The maximum atomic E-state index is 6.62. The molecule has 1 radical (unpaired) electrons. The summed E-state index contributed by atoms with van der Waals surface area (Å²) in [6.45, 7) is 20.7. The molecule has 7 rings (SSSR count). The summed E-state index contributed by atoms with van der Waals surface area (Å²) in [6.07, 6.45) is 25.4. The van der Waals surface area contributed by atoms with Crippen LogP contribution in [0.1, 0.15) is 54.0 Å². The third-order valence-corrected chi connectivity index (χ3v) is 10.6. The van der Waals surface area contributed by atoms with E-state index in [1.165, 1.54) is 33.7 Å². The number of hydrogen-bond donors (Lipinski definition) is 0. The van der Waals surface area contributed by atoms with Gasteiger partial charge in [-0.1, -0.05) is 92.1 Å². The molecule has 1 aromatic heterocycles. The van der Waals surface area contributed by atoms with Crippen molar-refractivity contribution in [1.82, 2.24) is 0 Å². The van der Waals surface area contributed by atoms with E-state index >= 15 is 0 Å². The van der Waals surface area contributed by atoms with E-state index in [9.17, 15) is 0 Å². The Labute approximate surface area is 340 Å². The zero-order valence-corrected chi connectivity index (χ0v) is 34.5. The van der Waals surface area contributed by atoms with E-state index < -0.39 is 0 Å². The van der Waals surface area contributed by atoms with Crippen LogP contribution in [-0.4, -0.2) is 54.1 Å². The molecule has 1 fully saturated rings. The molecule has 0 bridgehead atoms. The molecule has 0 N–H and O–H groups in total. The van der Waals surface area contributed by atoms with Crippen LogP contribution in [0.2, 0.25) is 0 Å². The van der Waals surface area contributed by atoms with Crippen molar-refractivity contribution in [2.45, 2.75) is 65.0 Å². The number of nitrogens with zero attached hydrogens (tertiary/aromatic N) is 3. The van der Waals surface area contributed by atoms with E-state index in [2.05, 4.69) is 169 Å². The molecule has 3 heterocycles. The van der Waals surface area contributed by atoms with Crippen molar-refractivity contribution in [2.24, 2.45) is 0 Å². The van der Waals surface area contributed by atoms with E-state index in [0.29, 0.717) is 19.8 Å². The van der Waals surface area contributed by atoms with Gasteiger partial charge < -0.3 is 14.2 Å². The van der Waals surface area contributed by atoms with E-state index in [1.807, 2.05) is 13.4 Å². The van der Waals surface area contributed by atoms with Gasteiger partial charge in [0.05, 0.1) is 51.6 Å². The Kier molecular flexibility index (Phi) is 13.3. The number of ether oxygens (including phenoxy) is 3. The van der Waals surface area contributed by atoms with Crippen LogP contribution in [0.25, 0.3) is 5.57 Å². The van der Waals surface area contributed by atoms with Crippen molar-refractivity contribution >= 4 is 19.0 Å². The summed E-state index contributed by atoms with van der Waals surface area (Å²) >= 11 is 0. The van der Waals surface area contributed by atoms with Crippen LogP contribution < -0.4 is 9.59 Å². The molecule has 2 aliphatic heterocycles. The monoisotopic (exact) mass is 910 g/mol. The second-order valence-corrected chi connectivity index (χ2v) is 14.6. The number of benzene rings is 2.